The third-order valence-corrected chi connectivity index (χ3v) is 3.25. The van der Waals surface area contributed by atoms with Crippen molar-refractivity contribution >= 4 is 11.9 Å². The number of alkyl carbamates (subject to hydrolysis) is 1. The van der Waals surface area contributed by atoms with Crippen LogP contribution in [0.5, 0.6) is 0 Å². The van der Waals surface area contributed by atoms with Crippen molar-refractivity contribution in [3.8, 4) is 0 Å². The van der Waals surface area contributed by atoms with Crippen LogP contribution in [0.4, 0.5) is 4.79 Å². The second kappa shape index (κ2) is 9.89. The molecule has 1 amide bonds. The topological polar surface area (TPSA) is 83.1 Å². The van der Waals surface area contributed by atoms with Crippen molar-refractivity contribution < 1.29 is 28.5 Å². The number of Topliss-reactive ketones (excluding diaryl/α,β-unsaturated/α-hetero) is 1. The van der Waals surface area contributed by atoms with Crippen LogP contribution in [0.3, 0.4) is 0 Å². The summed E-state index contributed by atoms with van der Waals surface area (Å²) < 4.78 is 21.2. The summed E-state index contributed by atoms with van der Waals surface area (Å²) in [4.78, 5) is 25.0. The minimum Gasteiger partial charge on any atom is -0.444 e. The van der Waals surface area contributed by atoms with Crippen molar-refractivity contribution in [2.24, 2.45) is 5.92 Å². The predicted molar refractivity (Wildman–Crippen MR) is 95.1 cm³/mol. The molecule has 0 aromatic rings. The highest BCUT2D eigenvalue weighted by Crippen LogP contribution is 2.25. The summed E-state index contributed by atoms with van der Waals surface area (Å²) in [7, 11) is 2.72. The molecule has 0 aliphatic carbocycles. The molecule has 7 nitrogen and oxygen atoms in total. The number of amides is 1. The van der Waals surface area contributed by atoms with Gasteiger partial charge in [0.05, 0.1) is 11.6 Å². The van der Waals surface area contributed by atoms with Crippen molar-refractivity contribution in [1.29, 1.82) is 0 Å². The third-order valence-electron chi connectivity index (χ3n) is 3.25. The van der Waals surface area contributed by atoms with Gasteiger partial charge >= 0.3 is 12.1 Å². The lowest BCUT2D eigenvalue weighted by molar-refractivity contribution is -0.333. The van der Waals surface area contributed by atoms with E-state index in [1.807, 2.05) is 13.8 Å². The van der Waals surface area contributed by atoms with Gasteiger partial charge in [0, 0.05) is 20.8 Å². The Morgan fingerprint density at radius 3 is 2.00 bits per heavy atom. The fraction of sp³-hybridized carbons (Fsp3) is 0.778. The Labute approximate surface area is 151 Å². The fourth-order valence-electron chi connectivity index (χ4n) is 2.24. The Bertz CT molecular complexity index is 463. The number of ketones is 1. The van der Waals surface area contributed by atoms with Crippen LogP contribution in [0.25, 0.3) is 0 Å². The maximum atomic E-state index is 12.9. The largest absolute Gasteiger partial charge is 0.444 e. The Morgan fingerprint density at radius 2 is 1.64 bits per heavy atom. The standard InChI is InChI=1S/C18H33NO6/c1-10-24-18(22-8,23-9)13(4)15(20)14(11-12(2)3)19-16(21)25-17(5,6)7/h12,14H,4,10-11H2,1-3,5-9H3,(H,19,21)/t14-/m0/s1. The highest BCUT2D eigenvalue weighted by molar-refractivity contribution is 6.01. The number of carbonyl (C=O) groups is 2. The Hall–Kier alpha value is -1.44. The van der Waals surface area contributed by atoms with Crippen LogP contribution in [-0.4, -0.2) is 50.3 Å². The molecule has 0 spiro atoms. The van der Waals surface area contributed by atoms with Crippen molar-refractivity contribution in [2.75, 3.05) is 20.8 Å². The second-order valence-electron chi connectivity index (χ2n) is 7.07. The zero-order valence-electron chi connectivity index (χ0n) is 16.7. The van der Waals surface area contributed by atoms with Crippen LogP contribution >= 0.6 is 0 Å². The van der Waals surface area contributed by atoms with E-state index in [4.69, 9.17) is 18.9 Å². The quantitative estimate of drug-likeness (QED) is 0.477. The van der Waals surface area contributed by atoms with E-state index < -0.39 is 29.5 Å². The van der Waals surface area contributed by atoms with Gasteiger partial charge in [0.15, 0.2) is 5.78 Å². The first-order chi connectivity index (χ1) is 11.4. The first-order valence-electron chi connectivity index (χ1n) is 8.39. The average Bonchev–Trinajstić information content (AvgIpc) is 2.48. The smallest absolute Gasteiger partial charge is 0.408 e. The Morgan fingerprint density at radius 1 is 1.12 bits per heavy atom. The summed E-state index contributed by atoms with van der Waals surface area (Å²) in [5.41, 5.74) is -0.693. The van der Waals surface area contributed by atoms with E-state index in [-0.39, 0.29) is 18.1 Å². The normalized spacial score (nSPS) is 13.5. The molecule has 0 saturated heterocycles. The summed E-state index contributed by atoms with van der Waals surface area (Å²) >= 11 is 0. The van der Waals surface area contributed by atoms with Crippen LogP contribution in [-0.2, 0) is 23.7 Å². The van der Waals surface area contributed by atoms with Crippen LogP contribution in [0.2, 0.25) is 0 Å². The Kier molecular flexibility index (Phi) is 9.32. The first kappa shape index (κ1) is 23.6. The molecule has 7 heteroatoms. The molecule has 1 atom stereocenters. The van der Waals surface area contributed by atoms with E-state index in [1.54, 1.807) is 27.7 Å². The van der Waals surface area contributed by atoms with E-state index in [9.17, 15) is 9.59 Å². The molecule has 0 aliphatic rings. The zero-order chi connectivity index (χ0) is 19.8. The highest BCUT2D eigenvalue weighted by atomic mass is 16.9. The predicted octanol–water partition coefficient (Wildman–Crippen LogP) is 3.03. The van der Waals surface area contributed by atoms with Crippen LogP contribution in [0, 0.1) is 5.92 Å². The maximum absolute atomic E-state index is 12.9. The van der Waals surface area contributed by atoms with Crippen LogP contribution in [0.1, 0.15) is 48.0 Å². The van der Waals surface area contributed by atoms with E-state index in [2.05, 4.69) is 11.9 Å². The molecule has 0 saturated carbocycles. The molecule has 0 radical (unpaired) electrons. The van der Waals surface area contributed by atoms with Gasteiger partial charge < -0.3 is 24.3 Å². The fourth-order valence-corrected chi connectivity index (χ4v) is 2.24. The van der Waals surface area contributed by atoms with Gasteiger partial charge in [-0.2, -0.15) is 0 Å². The van der Waals surface area contributed by atoms with E-state index in [0.717, 1.165) is 0 Å². The molecule has 0 unspecified atom stereocenters. The third kappa shape index (κ3) is 7.54. The van der Waals surface area contributed by atoms with Gasteiger partial charge in [-0.05, 0) is 40.0 Å². The zero-order valence-corrected chi connectivity index (χ0v) is 16.7. The number of methoxy groups -OCH3 is 2. The van der Waals surface area contributed by atoms with Crippen LogP contribution in [0.15, 0.2) is 12.2 Å². The summed E-state index contributed by atoms with van der Waals surface area (Å²) in [6.45, 7) is 14.9. The van der Waals surface area contributed by atoms with Gasteiger partial charge in [-0.15, -0.1) is 0 Å². The van der Waals surface area contributed by atoms with Crippen LogP contribution < -0.4 is 5.32 Å². The molecule has 0 aliphatic heterocycles. The van der Waals surface area contributed by atoms with Gasteiger partial charge in [-0.25, -0.2) is 4.79 Å². The average molecular weight is 359 g/mol. The molecular weight excluding hydrogens is 326 g/mol. The monoisotopic (exact) mass is 359 g/mol. The molecule has 1 N–H and O–H groups in total. The van der Waals surface area contributed by atoms with Gasteiger partial charge in [-0.3, -0.25) is 4.79 Å². The minimum absolute atomic E-state index is 0.0268. The lowest BCUT2D eigenvalue weighted by atomic mass is 9.95. The molecule has 146 valence electrons. The molecule has 0 fully saturated rings. The number of nitrogens with one attached hydrogen (secondary N) is 1. The Balaban J connectivity index is 5.41. The number of ether oxygens (including phenoxy) is 4. The lowest BCUT2D eigenvalue weighted by Gasteiger charge is -2.33. The molecular formula is C18H33NO6. The summed E-state index contributed by atoms with van der Waals surface area (Å²) in [5.74, 6) is -1.96. The maximum Gasteiger partial charge on any atom is 0.408 e. The van der Waals surface area contributed by atoms with Crippen molar-refractivity contribution in [2.45, 2.75) is 65.6 Å². The number of carbonyl (C=O) groups excluding carboxylic acids is 2. The molecule has 0 aromatic carbocycles. The first-order valence-corrected chi connectivity index (χ1v) is 8.39. The highest BCUT2D eigenvalue weighted by Gasteiger charge is 2.41. The SMILES string of the molecule is C=C(C(=O)[C@H](CC(C)C)NC(=O)OC(C)(C)C)C(OC)(OC)OCC. The molecule has 0 aromatic heterocycles. The van der Waals surface area contributed by atoms with E-state index >= 15 is 0 Å². The summed E-state index contributed by atoms with van der Waals surface area (Å²) in [6.07, 6.45) is -0.261. The summed E-state index contributed by atoms with van der Waals surface area (Å²) in [5, 5.41) is 2.61. The molecule has 25 heavy (non-hydrogen) atoms. The number of hydrogen-bond acceptors (Lipinski definition) is 6. The summed E-state index contributed by atoms with van der Waals surface area (Å²) in [6, 6.07) is -0.826. The van der Waals surface area contributed by atoms with E-state index in [1.165, 1.54) is 14.2 Å². The molecule has 0 bridgehead atoms. The van der Waals surface area contributed by atoms with Crippen molar-refractivity contribution in [3.63, 3.8) is 0 Å². The van der Waals surface area contributed by atoms with Gasteiger partial charge in [0.25, 0.3) is 0 Å². The van der Waals surface area contributed by atoms with Gasteiger partial charge in [-0.1, -0.05) is 20.4 Å². The van der Waals surface area contributed by atoms with Crippen molar-refractivity contribution in [1.82, 2.24) is 5.32 Å². The molecule has 0 rings (SSSR count). The molecule has 0 heterocycles. The lowest BCUT2D eigenvalue weighted by Crippen LogP contribution is -2.50. The van der Waals surface area contributed by atoms with Crippen molar-refractivity contribution in [3.05, 3.63) is 12.2 Å². The second-order valence-corrected chi connectivity index (χ2v) is 7.07. The number of rotatable bonds is 10. The number of hydrogen-bond donors (Lipinski definition) is 1. The van der Waals surface area contributed by atoms with Gasteiger partial charge in [0.2, 0.25) is 0 Å². The van der Waals surface area contributed by atoms with E-state index in [0.29, 0.717) is 6.42 Å². The van der Waals surface area contributed by atoms with Gasteiger partial charge in [0.1, 0.15) is 5.60 Å². The minimum atomic E-state index is -1.68.